The van der Waals surface area contributed by atoms with E-state index in [1.165, 1.54) is 10.8 Å². The van der Waals surface area contributed by atoms with Gasteiger partial charge in [0.2, 0.25) is 0 Å². The van der Waals surface area contributed by atoms with Crippen LogP contribution in [-0.4, -0.2) is 0 Å². The molecule has 3 rings (SSSR count). The molecule has 17 heavy (non-hydrogen) atoms. The number of halogens is 2. The molecule has 0 aliphatic rings. The Bertz CT molecular complexity index is 735. The summed E-state index contributed by atoms with van der Waals surface area (Å²) in [4.78, 5) is 0. The van der Waals surface area contributed by atoms with Gasteiger partial charge in [0.1, 0.15) is 0 Å². The maximum Gasteiger partial charge on any atom is 0.0539 e. The largest absolute Gasteiger partial charge is 0.397 e. The van der Waals surface area contributed by atoms with E-state index in [2.05, 4.69) is 56.1 Å². The zero-order valence-electron chi connectivity index (χ0n) is 8.87. The van der Waals surface area contributed by atoms with Gasteiger partial charge in [0.05, 0.1) is 5.69 Å². The molecule has 0 aliphatic carbocycles. The first kappa shape index (κ1) is 11.1. The van der Waals surface area contributed by atoms with E-state index in [0.29, 0.717) is 0 Å². The lowest BCUT2D eigenvalue weighted by molar-refractivity contribution is 1.66. The Hall–Kier alpha value is -1.06. The molecule has 1 nitrogen and oxygen atoms in total. The van der Waals surface area contributed by atoms with Gasteiger partial charge < -0.3 is 5.73 Å². The predicted molar refractivity (Wildman–Crippen MR) is 81.3 cm³/mol. The first-order chi connectivity index (χ1) is 8.16. The molecular weight excluding hydrogens is 342 g/mol. The van der Waals surface area contributed by atoms with Crippen LogP contribution in [-0.2, 0) is 0 Å². The summed E-state index contributed by atoms with van der Waals surface area (Å²) >= 11 is 7.06. The van der Waals surface area contributed by atoms with Crippen LogP contribution in [0.2, 0.25) is 0 Å². The molecule has 3 aromatic rings. The number of hydrogen-bond acceptors (Lipinski definition) is 1. The highest BCUT2D eigenvalue weighted by atomic mass is 79.9. The summed E-state index contributed by atoms with van der Waals surface area (Å²) in [5.74, 6) is 0. The monoisotopic (exact) mass is 349 g/mol. The molecule has 0 amide bonds. The van der Waals surface area contributed by atoms with Gasteiger partial charge in [-0.25, -0.2) is 0 Å². The molecule has 0 radical (unpaired) electrons. The SMILES string of the molecule is Nc1c(Br)cc(Br)c2cc3ccccc3cc12. The zero-order valence-corrected chi connectivity index (χ0v) is 12.0. The average Bonchev–Trinajstić information content (AvgIpc) is 2.34. The lowest BCUT2D eigenvalue weighted by Crippen LogP contribution is -1.90. The second-order valence-electron chi connectivity index (χ2n) is 4.00. The Morgan fingerprint density at radius 3 is 2.00 bits per heavy atom. The van der Waals surface area contributed by atoms with Crippen LogP contribution in [0, 0.1) is 0 Å². The van der Waals surface area contributed by atoms with Crippen LogP contribution in [0.4, 0.5) is 5.69 Å². The zero-order chi connectivity index (χ0) is 12.0. The van der Waals surface area contributed by atoms with E-state index in [-0.39, 0.29) is 0 Å². The van der Waals surface area contributed by atoms with Crippen molar-refractivity contribution in [2.75, 3.05) is 5.73 Å². The lowest BCUT2D eigenvalue weighted by atomic mass is 10.0. The third-order valence-corrected chi connectivity index (χ3v) is 4.26. The highest BCUT2D eigenvalue weighted by Gasteiger charge is 2.07. The highest BCUT2D eigenvalue weighted by Crippen LogP contribution is 2.36. The van der Waals surface area contributed by atoms with Gasteiger partial charge in [-0.1, -0.05) is 40.2 Å². The van der Waals surface area contributed by atoms with Crippen LogP contribution >= 0.6 is 31.9 Å². The maximum absolute atomic E-state index is 6.11. The smallest absolute Gasteiger partial charge is 0.0539 e. The topological polar surface area (TPSA) is 26.0 Å². The Kier molecular flexibility index (Phi) is 2.60. The second-order valence-corrected chi connectivity index (χ2v) is 5.71. The second kappa shape index (κ2) is 4.00. The van der Waals surface area contributed by atoms with E-state index in [1.54, 1.807) is 0 Å². The minimum atomic E-state index is 0.786. The Balaban J connectivity index is 2.56. The summed E-state index contributed by atoms with van der Waals surface area (Å²) in [6, 6.07) is 14.6. The van der Waals surface area contributed by atoms with Crippen molar-refractivity contribution in [3.05, 3.63) is 51.4 Å². The van der Waals surface area contributed by atoms with Gasteiger partial charge in [-0.2, -0.15) is 0 Å². The summed E-state index contributed by atoms with van der Waals surface area (Å²) in [5.41, 5.74) is 6.90. The number of hydrogen-bond donors (Lipinski definition) is 1. The Morgan fingerprint density at radius 1 is 0.765 bits per heavy atom. The quantitative estimate of drug-likeness (QED) is 0.443. The Morgan fingerprint density at radius 2 is 1.35 bits per heavy atom. The molecule has 0 bridgehead atoms. The fraction of sp³-hybridized carbons (Fsp3) is 0. The standard InChI is InChI=1S/C14H9Br2N/c15-12-7-13(16)14(17)11-6-9-4-2-1-3-8(9)5-10(11)12/h1-7H,17H2. The summed E-state index contributed by atoms with van der Waals surface area (Å²) in [7, 11) is 0. The number of nitrogens with two attached hydrogens (primary N) is 1. The van der Waals surface area contributed by atoms with Crippen molar-refractivity contribution in [2.24, 2.45) is 0 Å². The molecule has 0 heterocycles. The van der Waals surface area contributed by atoms with E-state index in [4.69, 9.17) is 5.73 Å². The molecule has 84 valence electrons. The van der Waals surface area contributed by atoms with Crippen molar-refractivity contribution in [1.82, 2.24) is 0 Å². The number of anilines is 1. The predicted octanol–water partition coefficient (Wildman–Crippen LogP) is 5.10. The molecule has 0 atom stereocenters. The van der Waals surface area contributed by atoms with Crippen LogP contribution in [0.5, 0.6) is 0 Å². The lowest BCUT2D eigenvalue weighted by Gasteiger charge is -2.09. The van der Waals surface area contributed by atoms with E-state index in [0.717, 1.165) is 25.4 Å². The van der Waals surface area contributed by atoms with E-state index in [9.17, 15) is 0 Å². The number of rotatable bonds is 0. The van der Waals surface area contributed by atoms with Gasteiger partial charge in [-0.15, -0.1) is 0 Å². The van der Waals surface area contributed by atoms with Crippen molar-refractivity contribution in [3.8, 4) is 0 Å². The van der Waals surface area contributed by atoms with Crippen molar-refractivity contribution < 1.29 is 0 Å². The van der Waals surface area contributed by atoms with Crippen LogP contribution < -0.4 is 5.73 Å². The molecule has 0 spiro atoms. The molecule has 0 fully saturated rings. The first-order valence-electron chi connectivity index (χ1n) is 5.23. The summed E-state index contributed by atoms with van der Waals surface area (Å²) in [5, 5.41) is 4.65. The van der Waals surface area contributed by atoms with Gasteiger partial charge in [-0.3, -0.25) is 0 Å². The molecule has 0 aromatic heterocycles. The average molecular weight is 351 g/mol. The van der Waals surface area contributed by atoms with Gasteiger partial charge in [0.15, 0.2) is 0 Å². The Labute approximate surface area is 116 Å². The van der Waals surface area contributed by atoms with Crippen molar-refractivity contribution >= 4 is 59.1 Å². The van der Waals surface area contributed by atoms with Crippen LogP contribution in [0.3, 0.4) is 0 Å². The first-order valence-corrected chi connectivity index (χ1v) is 6.81. The summed E-state index contributed by atoms with van der Waals surface area (Å²) < 4.78 is 1.98. The third kappa shape index (κ3) is 1.74. The van der Waals surface area contributed by atoms with Crippen LogP contribution in [0.1, 0.15) is 0 Å². The molecule has 2 N–H and O–H groups in total. The van der Waals surface area contributed by atoms with Gasteiger partial charge in [0, 0.05) is 14.3 Å². The fourth-order valence-electron chi connectivity index (χ4n) is 2.06. The minimum Gasteiger partial charge on any atom is -0.397 e. The van der Waals surface area contributed by atoms with Crippen LogP contribution in [0.15, 0.2) is 51.4 Å². The summed E-state index contributed by atoms with van der Waals surface area (Å²) in [6.07, 6.45) is 0. The highest BCUT2D eigenvalue weighted by molar-refractivity contribution is 9.11. The molecule has 0 saturated heterocycles. The van der Waals surface area contributed by atoms with E-state index >= 15 is 0 Å². The van der Waals surface area contributed by atoms with Gasteiger partial charge >= 0.3 is 0 Å². The maximum atomic E-state index is 6.11. The molecular formula is C14H9Br2N. The van der Waals surface area contributed by atoms with E-state index < -0.39 is 0 Å². The van der Waals surface area contributed by atoms with Crippen molar-refractivity contribution in [1.29, 1.82) is 0 Å². The van der Waals surface area contributed by atoms with Gasteiger partial charge in [0.25, 0.3) is 0 Å². The number of nitrogen functional groups attached to an aromatic ring is 1. The number of benzene rings is 3. The molecule has 3 aromatic carbocycles. The molecule has 0 aliphatic heterocycles. The number of fused-ring (bicyclic) bond motifs is 2. The van der Waals surface area contributed by atoms with Crippen LogP contribution in [0.25, 0.3) is 21.5 Å². The van der Waals surface area contributed by atoms with Crippen molar-refractivity contribution in [3.63, 3.8) is 0 Å². The fourth-order valence-corrected chi connectivity index (χ4v) is 3.36. The molecule has 0 saturated carbocycles. The normalized spacial score (nSPS) is 11.2. The minimum absolute atomic E-state index is 0.786. The van der Waals surface area contributed by atoms with Gasteiger partial charge in [-0.05, 0) is 50.3 Å². The third-order valence-electron chi connectivity index (χ3n) is 2.94. The molecule has 0 unspecified atom stereocenters. The summed E-state index contributed by atoms with van der Waals surface area (Å²) in [6.45, 7) is 0. The molecule has 3 heteroatoms. The van der Waals surface area contributed by atoms with Crippen molar-refractivity contribution in [2.45, 2.75) is 0 Å². The van der Waals surface area contributed by atoms with E-state index in [1.807, 2.05) is 18.2 Å².